The van der Waals surface area contributed by atoms with E-state index in [0.29, 0.717) is 19.5 Å². The van der Waals surface area contributed by atoms with Crippen molar-refractivity contribution in [2.45, 2.75) is 31.1 Å². The highest BCUT2D eigenvalue weighted by molar-refractivity contribution is 7.98. The third-order valence-corrected chi connectivity index (χ3v) is 6.12. The first-order valence-corrected chi connectivity index (χ1v) is 10.2. The molecule has 0 bridgehead atoms. The van der Waals surface area contributed by atoms with E-state index in [1.807, 2.05) is 30.5 Å². The maximum absolute atomic E-state index is 12.5. The molecule has 2 saturated heterocycles. The molecule has 3 rings (SSSR count). The molecule has 2 aliphatic heterocycles. The van der Waals surface area contributed by atoms with E-state index in [4.69, 9.17) is 0 Å². The van der Waals surface area contributed by atoms with Crippen LogP contribution in [-0.4, -0.2) is 44.2 Å². The lowest BCUT2D eigenvalue weighted by Gasteiger charge is -2.34. The van der Waals surface area contributed by atoms with Gasteiger partial charge in [0.05, 0.1) is 5.92 Å². The number of anilines is 1. The van der Waals surface area contributed by atoms with Gasteiger partial charge < -0.3 is 15.5 Å². The number of rotatable bonds is 5. The average Bonchev–Trinajstić information content (AvgIpc) is 3.02. The number of nitrogens with one attached hydrogen (secondary N) is 2. The summed E-state index contributed by atoms with van der Waals surface area (Å²) in [5.74, 6) is -0.209. The number of piperidine rings is 1. The van der Waals surface area contributed by atoms with Gasteiger partial charge >= 0.3 is 0 Å². The van der Waals surface area contributed by atoms with Crippen LogP contribution < -0.4 is 15.5 Å². The number of hydrogen-bond acceptors (Lipinski definition) is 4. The smallest absolute Gasteiger partial charge is 0.227 e. The number of halogens is 1. The third kappa shape index (κ3) is 4.93. The van der Waals surface area contributed by atoms with E-state index < -0.39 is 0 Å². The Labute approximate surface area is 166 Å². The Kier molecular flexibility index (Phi) is 7.38. The fraction of sp³-hybridized carbons (Fsp3) is 0.579. The number of nitrogens with zero attached hydrogens (tertiary/aromatic N) is 1. The van der Waals surface area contributed by atoms with Crippen molar-refractivity contribution < 1.29 is 9.59 Å². The monoisotopic (exact) mass is 397 g/mol. The lowest BCUT2D eigenvalue weighted by atomic mass is 9.81. The molecule has 1 aromatic carbocycles. The van der Waals surface area contributed by atoms with Gasteiger partial charge in [0.25, 0.3) is 0 Å². The standard InChI is InChI=1S/C19H27N3O2S.ClH/c1-19(7-9-20-10-8-19)13-21-18(24)14-11-17(23)22(12-14)15-3-5-16(25-2)6-4-15;/h3-6,14,20H,7-13H2,1-2H3,(H,21,24);1H. The normalized spacial score (nSPS) is 22.0. The summed E-state index contributed by atoms with van der Waals surface area (Å²) in [6.07, 6.45) is 4.48. The number of thioether (sulfide) groups is 1. The van der Waals surface area contributed by atoms with Gasteiger partial charge in [-0.25, -0.2) is 0 Å². The molecule has 5 nitrogen and oxygen atoms in total. The van der Waals surface area contributed by atoms with Crippen molar-refractivity contribution in [3.05, 3.63) is 24.3 Å². The Balaban J connectivity index is 0.00000243. The average molecular weight is 398 g/mol. The topological polar surface area (TPSA) is 61.4 Å². The van der Waals surface area contributed by atoms with E-state index >= 15 is 0 Å². The summed E-state index contributed by atoms with van der Waals surface area (Å²) in [5, 5.41) is 6.45. The third-order valence-electron chi connectivity index (χ3n) is 5.38. The van der Waals surface area contributed by atoms with Gasteiger partial charge in [-0.05, 0) is 61.9 Å². The SMILES string of the molecule is CSc1ccc(N2CC(C(=O)NCC3(C)CCNCC3)CC2=O)cc1.Cl. The summed E-state index contributed by atoms with van der Waals surface area (Å²) < 4.78 is 0. The summed E-state index contributed by atoms with van der Waals surface area (Å²) in [6.45, 7) is 5.41. The summed E-state index contributed by atoms with van der Waals surface area (Å²) >= 11 is 1.67. The van der Waals surface area contributed by atoms with E-state index in [2.05, 4.69) is 17.6 Å². The van der Waals surface area contributed by atoms with Crippen LogP contribution in [-0.2, 0) is 9.59 Å². The second-order valence-corrected chi connectivity index (χ2v) is 8.26. The fourth-order valence-corrected chi connectivity index (χ4v) is 3.96. The fourth-order valence-electron chi connectivity index (χ4n) is 3.55. The van der Waals surface area contributed by atoms with Crippen LogP contribution in [0.15, 0.2) is 29.2 Å². The molecule has 1 aromatic rings. The zero-order valence-corrected chi connectivity index (χ0v) is 17.0. The van der Waals surface area contributed by atoms with Gasteiger partial charge in [0.15, 0.2) is 0 Å². The Morgan fingerprint density at radius 3 is 2.58 bits per heavy atom. The molecule has 2 heterocycles. The van der Waals surface area contributed by atoms with Crippen LogP contribution in [0.5, 0.6) is 0 Å². The molecular formula is C19H28ClN3O2S. The molecule has 0 radical (unpaired) electrons. The first kappa shape index (κ1) is 21.1. The van der Waals surface area contributed by atoms with Crippen LogP contribution in [0.3, 0.4) is 0 Å². The number of carbonyl (C=O) groups is 2. The van der Waals surface area contributed by atoms with Crippen molar-refractivity contribution in [3.8, 4) is 0 Å². The molecule has 2 N–H and O–H groups in total. The van der Waals surface area contributed by atoms with Gasteiger partial charge in [-0.3, -0.25) is 9.59 Å². The minimum absolute atomic E-state index is 0. The van der Waals surface area contributed by atoms with E-state index in [9.17, 15) is 9.59 Å². The summed E-state index contributed by atoms with van der Waals surface area (Å²) in [6, 6.07) is 7.94. The van der Waals surface area contributed by atoms with Crippen LogP contribution in [0.2, 0.25) is 0 Å². The molecule has 7 heteroatoms. The van der Waals surface area contributed by atoms with E-state index in [1.54, 1.807) is 16.7 Å². The van der Waals surface area contributed by atoms with Gasteiger partial charge in [-0.15, -0.1) is 24.2 Å². The number of amides is 2. The maximum Gasteiger partial charge on any atom is 0.227 e. The number of hydrogen-bond donors (Lipinski definition) is 2. The quantitative estimate of drug-likeness (QED) is 0.750. The highest BCUT2D eigenvalue weighted by Gasteiger charge is 2.36. The van der Waals surface area contributed by atoms with Gasteiger partial charge in [0.2, 0.25) is 11.8 Å². The second-order valence-electron chi connectivity index (χ2n) is 7.38. The molecule has 2 fully saturated rings. The minimum Gasteiger partial charge on any atom is -0.355 e. The number of benzene rings is 1. The number of carbonyl (C=O) groups excluding carboxylic acids is 2. The zero-order chi connectivity index (χ0) is 17.9. The zero-order valence-electron chi connectivity index (χ0n) is 15.4. The van der Waals surface area contributed by atoms with Crippen LogP contribution in [0.25, 0.3) is 0 Å². The molecule has 0 saturated carbocycles. The van der Waals surface area contributed by atoms with Crippen LogP contribution >= 0.6 is 24.2 Å². The predicted octanol–water partition coefficient (Wildman–Crippen LogP) is 2.69. The maximum atomic E-state index is 12.5. The van der Waals surface area contributed by atoms with E-state index in [1.165, 1.54) is 4.90 Å². The van der Waals surface area contributed by atoms with Crippen LogP contribution in [0.4, 0.5) is 5.69 Å². The highest BCUT2D eigenvalue weighted by Crippen LogP contribution is 2.29. The van der Waals surface area contributed by atoms with Gasteiger partial charge in [0.1, 0.15) is 0 Å². The Morgan fingerprint density at radius 1 is 1.31 bits per heavy atom. The van der Waals surface area contributed by atoms with Gasteiger partial charge in [-0.2, -0.15) is 0 Å². The molecule has 144 valence electrons. The molecule has 1 unspecified atom stereocenters. The second kappa shape index (κ2) is 9.11. The van der Waals surface area contributed by atoms with E-state index in [0.717, 1.165) is 31.6 Å². The Bertz CT molecular complexity index is 632. The first-order valence-electron chi connectivity index (χ1n) is 8.94. The van der Waals surface area contributed by atoms with Crippen molar-refractivity contribution >= 4 is 41.7 Å². The van der Waals surface area contributed by atoms with Crippen LogP contribution in [0.1, 0.15) is 26.2 Å². The molecule has 0 spiro atoms. The molecule has 2 amide bonds. The molecule has 0 aliphatic carbocycles. The predicted molar refractivity (Wildman–Crippen MR) is 109 cm³/mol. The van der Waals surface area contributed by atoms with Crippen molar-refractivity contribution in [1.82, 2.24) is 10.6 Å². The van der Waals surface area contributed by atoms with Crippen molar-refractivity contribution in [3.63, 3.8) is 0 Å². The summed E-state index contributed by atoms with van der Waals surface area (Å²) in [5.41, 5.74) is 1.04. The van der Waals surface area contributed by atoms with E-state index in [-0.39, 0.29) is 35.6 Å². The molecular weight excluding hydrogens is 370 g/mol. The highest BCUT2D eigenvalue weighted by atomic mass is 35.5. The Hall–Kier alpha value is -1.24. The van der Waals surface area contributed by atoms with Crippen LogP contribution in [0, 0.1) is 11.3 Å². The minimum atomic E-state index is -0.252. The Morgan fingerprint density at radius 2 is 1.96 bits per heavy atom. The van der Waals surface area contributed by atoms with Crippen molar-refractivity contribution in [2.24, 2.45) is 11.3 Å². The molecule has 2 aliphatic rings. The lowest BCUT2D eigenvalue weighted by Crippen LogP contribution is -2.44. The lowest BCUT2D eigenvalue weighted by molar-refractivity contribution is -0.126. The summed E-state index contributed by atoms with van der Waals surface area (Å²) in [4.78, 5) is 27.8. The molecule has 1 atom stereocenters. The first-order chi connectivity index (χ1) is 12.0. The summed E-state index contributed by atoms with van der Waals surface area (Å²) in [7, 11) is 0. The van der Waals surface area contributed by atoms with Gasteiger partial charge in [0, 0.05) is 30.1 Å². The molecule has 0 aromatic heterocycles. The van der Waals surface area contributed by atoms with Gasteiger partial charge in [-0.1, -0.05) is 6.92 Å². The molecule has 26 heavy (non-hydrogen) atoms. The van der Waals surface area contributed by atoms with Crippen molar-refractivity contribution in [2.75, 3.05) is 37.3 Å². The van der Waals surface area contributed by atoms with Crippen molar-refractivity contribution in [1.29, 1.82) is 0 Å². The largest absolute Gasteiger partial charge is 0.355 e.